The van der Waals surface area contributed by atoms with Crippen LogP contribution < -0.4 is 0 Å². The number of urea groups is 1. The Labute approximate surface area is 87.2 Å². The maximum atomic E-state index is 11.6. The van der Waals surface area contributed by atoms with Gasteiger partial charge in [-0.15, -0.1) is 0 Å². The number of amides is 2. The molecular formula is C9H15BrN2O. The second kappa shape index (κ2) is 3.15. The molecule has 0 aromatic heterocycles. The number of rotatable bonds is 3. The van der Waals surface area contributed by atoms with E-state index in [-0.39, 0.29) is 6.03 Å². The smallest absolute Gasteiger partial charge is 0.319 e. The summed E-state index contributed by atoms with van der Waals surface area (Å²) in [5.74, 6) is 0. The first-order valence-electron chi connectivity index (χ1n) is 4.73. The van der Waals surface area contributed by atoms with Gasteiger partial charge in [-0.1, -0.05) is 15.9 Å². The van der Waals surface area contributed by atoms with E-state index in [1.165, 1.54) is 12.8 Å². The maximum absolute atomic E-state index is 11.6. The highest BCUT2D eigenvalue weighted by Gasteiger charge is 2.44. The van der Waals surface area contributed by atoms with Crippen molar-refractivity contribution >= 4 is 22.0 Å². The number of likely N-dealkylation sites (N-methyl/N-ethyl adjacent to an activating group) is 1. The van der Waals surface area contributed by atoms with Crippen molar-refractivity contribution in [3.05, 3.63) is 0 Å². The number of halogens is 1. The Balaban J connectivity index is 1.92. The van der Waals surface area contributed by atoms with E-state index in [1.807, 2.05) is 11.9 Å². The van der Waals surface area contributed by atoms with Gasteiger partial charge in [0.25, 0.3) is 0 Å². The van der Waals surface area contributed by atoms with Gasteiger partial charge in [-0.3, -0.25) is 0 Å². The first-order valence-corrected chi connectivity index (χ1v) is 5.85. The Kier molecular flexibility index (Phi) is 2.26. The van der Waals surface area contributed by atoms with Crippen molar-refractivity contribution < 1.29 is 4.79 Å². The fourth-order valence-corrected chi connectivity index (χ4v) is 2.50. The summed E-state index contributed by atoms with van der Waals surface area (Å²) >= 11 is 3.52. The van der Waals surface area contributed by atoms with Crippen LogP contribution >= 0.6 is 15.9 Å². The molecule has 0 bridgehead atoms. The topological polar surface area (TPSA) is 23.6 Å². The Bertz CT molecular complexity index is 228. The third kappa shape index (κ3) is 1.68. The molecule has 1 heterocycles. The SMILES string of the molecule is CN1CCN(CC2(CBr)CC2)C1=O. The number of carbonyl (C=O) groups is 1. The molecular weight excluding hydrogens is 232 g/mol. The quantitative estimate of drug-likeness (QED) is 0.694. The first kappa shape index (κ1) is 9.31. The average Bonchev–Trinajstić information content (AvgIpc) is 2.85. The van der Waals surface area contributed by atoms with Gasteiger partial charge in [0.2, 0.25) is 0 Å². The molecule has 2 rings (SSSR count). The van der Waals surface area contributed by atoms with E-state index in [2.05, 4.69) is 15.9 Å². The lowest BCUT2D eigenvalue weighted by atomic mass is 10.1. The van der Waals surface area contributed by atoms with Crippen LogP contribution in [0.15, 0.2) is 0 Å². The lowest BCUT2D eigenvalue weighted by Crippen LogP contribution is -2.34. The van der Waals surface area contributed by atoms with E-state index in [0.29, 0.717) is 5.41 Å². The van der Waals surface area contributed by atoms with E-state index in [4.69, 9.17) is 0 Å². The lowest BCUT2D eigenvalue weighted by molar-refractivity contribution is 0.191. The predicted molar refractivity (Wildman–Crippen MR) is 55.1 cm³/mol. The zero-order valence-electron chi connectivity index (χ0n) is 7.92. The Morgan fingerprint density at radius 1 is 1.46 bits per heavy atom. The van der Waals surface area contributed by atoms with Crippen molar-refractivity contribution in [3.8, 4) is 0 Å². The highest BCUT2D eigenvalue weighted by atomic mass is 79.9. The monoisotopic (exact) mass is 246 g/mol. The van der Waals surface area contributed by atoms with E-state index in [1.54, 1.807) is 4.90 Å². The molecule has 2 aliphatic rings. The molecule has 0 unspecified atom stereocenters. The van der Waals surface area contributed by atoms with Crippen molar-refractivity contribution in [2.75, 3.05) is 32.0 Å². The van der Waals surface area contributed by atoms with Crippen LogP contribution in [0.4, 0.5) is 4.79 Å². The number of hydrogen-bond donors (Lipinski definition) is 0. The summed E-state index contributed by atoms with van der Waals surface area (Å²) in [7, 11) is 1.87. The van der Waals surface area contributed by atoms with Crippen LogP contribution in [-0.2, 0) is 0 Å². The minimum Gasteiger partial charge on any atom is -0.326 e. The van der Waals surface area contributed by atoms with Gasteiger partial charge in [0.15, 0.2) is 0 Å². The minimum atomic E-state index is 0.201. The summed E-state index contributed by atoms with van der Waals surface area (Å²) in [5.41, 5.74) is 0.418. The molecule has 74 valence electrons. The fraction of sp³-hybridized carbons (Fsp3) is 0.889. The summed E-state index contributed by atoms with van der Waals surface area (Å²) in [6.45, 7) is 2.74. The van der Waals surface area contributed by atoms with Crippen molar-refractivity contribution in [2.24, 2.45) is 5.41 Å². The molecule has 2 amide bonds. The van der Waals surface area contributed by atoms with Gasteiger partial charge in [-0.25, -0.2) is 4.79 Å². The minimum absolute atomic E-state index is 0.201. The van der Waals surface area contributed by atoms with Crippen LogP contribution in [0.2, 0.25) is 0 Å². The highest BCUT2D eigenvalue weighted by Crippen LogP contribution is 2.47. The Morgan fingerprint density at radius 2 is 2.15 bits per heavy atom. The van der Waals surface area contributed by atoms with Gasteiger partial charge >= 0.3 is 6.03 Å². The van der Waals surface area contributed by atoms with Crippen LogP contribution in [0.1, 0.15) is 12.8 Å². The summed E-state index contributed by atoms with van der Waals surface area (Å²) in [5, 5.41) is 1.04. The summed E-state index contributed by atoms with van der Waals surface area (Å²) in [6, 6.07) is 0.201. The molecule has 0 radical (unpaired) electrons. The highest BCUT2D eigenvalue weighted by molar-refractivity contribution is 9.09. The number of carbonyl (C=O) groups excluding carboxylic acids is 1. The van der Waals surface area contributed by atoms with E-state index in [9.17, 15) is 4.79 Å². The van der Waals surface area contributed by atoms with Gasteiger partial charge in [0, 0.05) is 32.0 Å². The summed E-state index contributed by atoms with van der Waals surface area (Å²) in [4.78, 5) is 15.3. The number of nitrogens with zero attached hydrogens (tertiary/aromatic N) is 2. The number of alkyl halides is 1. The van der Waals surface area contributed by atoms with Crippen molar-refractivity contribution in [1.29, 1.82) is 0 Å². The maximum Gasteiger partial charge on any atom is 0.319 e. The molecule has 0 spiro atoms. The third-order valence-corrected chi connectivity index (χ3v) is 4.26. The van der Waals surface area contributed by atoms with Gasteiger partial charge < -0.3 is 9.80 Å². The van der Waals surface area contributed by atoms with Crippen LogP contribution in [0.25, 0.3) is 0 Å². The first-order chi connectivity index (χ1) is 6.17. The molecule has 4 heteroatoms. The Hall–Kier alpha value is -0.250. The molecule has 1 aliphatic carbocycles. The van der Waals surface area contributed by atoms with Crippen molar-refractivity contribution in [1.82, 2.24) is 9.80 Å². The molecule has 0 N–H and O–H groups in total. The molecule has 1 saturated carbocycles. The largest absolute Gasteiger partial charge is 0.326 e. The Morgan fingerprint density at radius 3 is 2.54 bits per heavy atom. The molecule has 1 aliphatic heterocycles. The zero-order valence-corrected chi connectivity index (χ0v) is 9.51. The van der Waals surface area contributed by atoms with Crippen molar-refractivity contribution in [3.63, 3.8) is 0 Å². The number of hydrogen-bond acceptors (Lipinski definition) is 1. The summed E-state index contributed by atoms with van der Waals surface area (Å²) in [6.07, 6.45) is 2.54. The van der Waals surface area contributed by atoms with Crippen molar-refractivity contribution in [2.45, 2.75) is 12.8 Å². The molecule has 1 saturated heterocycles. The predicted octanol–water partition coefficient (Wildman–Crippen LogP) is 1.53. The molecule has 0 aromatic rings. The van der Waals surface area contributed by atoms with Gasteiger partial charge in [0.05, 0.1) is 0 Å². The third-order valence-electron chi connectivity index (χ3n) is 3.07. The van der Waals surface area contributed by atoms with E-state index in [0.717, 1.165) is 25.0 Å². The fourth-order valence-electron chi connectivity index (χ4n) is 1.77. The van der Waals surface area contributed by atoms with Crippen LogP contribution in [0, 0.1) is 5.41 Å². The van der Waals surface area contributed by atoms with E-state index < -0.39 is 0 Å². The second-order valence-electron chi connectivity index (χ2n) is 4.26. The second-order valence-corrected chi connectivity index (χ2v) is 4.82. The van der Waals surface area contributed by atoms with Crippen LogP contribution in [0.5, 0.6) is 0 Å². The summed E-state index contributed by atoms with van der Waals surface area (Å²) < 4.78 is 0. The lowest BCUT2D eigenvalue weighted by Gasteiger charge is -2.21. The van der Waals surface area contributed by atoms with Crippen LogP contribution in [-0.4, -0.2) is 47.8 Å². The normalized spacial score (nSPS) is 25.5. The van der Waals surface area contributed by atoms with E-state index >= 15 is 0 Å². The average molecular weight is 247 g/mol. The molecule has 2 fully saturated rings. The molecule has 0 aromatic carbocycles. The van der Waals surface area contributed by atoms with Gasteiger partial charge in [-0.05, 0) is 18.3 Å². The standard InChI is InChI=1S/C9H15BrN2O/c1-11-4-5-12(8(11)13)7-9(6-10)2-3-9/h2-7H2,1H3. The molecule has 0 atom stereocenters. The molecule has 13 heavy (non-hydrogen) atoms. The molecule has 3 nitrogen and oxygen atoms in total. The van der Waals surface area contributed by atoms with Gasteiger partial charge in [0.1, 0.15) is 0 Å². The zero-order chi connectivity index (χ0) is 9.47. The van der Waals surface area contributed by atoms with Crippen LogP contribution in [0.3, 0.4) is 0 Å². The van der Waals surface area contributed by atoms with Gasteiger partial charge in [-0.2, -0.15) is 0 Å².